The number of carbonyl (C=O) groups is 1. The molecule has 2 aromatic rings. The van der Waals surface area contributed by atoms with Gasteiger partial charge in [0.2, 0.25) is 0 Å². The maximum Gasteiger partial charge on any atom is 0.323 e. The molecule has 0 saturated carbocycles. The molecule has 5 heteroatoms. The highest BCUT2D eigenvalue weighted by Crippen LogP contribution is 2.24. The fraction of sp³-hybridized carbons (Fsp3) is 0.333. The molecule has 0 spiro atoms. The first-order valence-corrected chi connectivity index (χ1v) is 6.53. The Kier molecular flexibility index (Phi) is 4.53. The number of carboxylic acids is 1. The number of hydrogen-bond donors (Lipinski definition) is 1. The van der Waals surface area contributed by atoms with Crippen LogP contribution in [0.15, 0.2) is 36.5 Å². The summed E-state index contributed by atoms with van der Waals surface area (Å²) in [5, 5.41) is 10.1. The highest BCUT2D eigenvalue weighted by atomic mass is 16.4. The van der Waals surface area contributed by atoms with Crippen LogP contribution in [0.1, 0.15) is 0 Å². The van der Waals surface area contributed by atoms with E-state index < -0.39 is 5.97 Å². The lowest BCUT2D eigenvalue weighted by Crippen LogP contribution is -2.35. The zero-order valence-electron chi connectivity index (χ0n) is 11.8. The van der Waals surface area contributed by atoms with Crippen molar-refractivity contribution < 1.29 is 9.90 Å². The van der Waals surface area contributed by atoms with E-state index in [2.05, 4.69) is 4.98 Å². The summed E-state index contributed by atoms with van der Waals surface area (Å²) in [7, 11) is 3.95. The first-order valence-electron chi connectivity index (χ1n) is 6.53. The number of rotatable bonds is 6. The Morgan fingerprint density at radius 2 is 1.95 bits per heavy atom. The van der Waals surface area contributed by atoms with Crippen molar-refractivity contribution in [2.75, 3.05) is 38.6 Å². The fourth-order valence-corrected chi connectivity index (χ4v) is 2.13. The molecule has 1 aromatic heterocycles. The Balaban J connectivity index is 2.36. The van der Waals surface area contributed by atoms with Crippen molar-refractivity contribution in [3.63, 3.8) is 0 Å². The van der Waals surface area contributed by atoms with Gasteiger partial charge in [-0.2, -0.15) is 0 Å². The number of aromatic nitrogens is 1. The highest BCUT2D eigenvalue weighted by molar-refractivity contribution is 5.92. The number of pyridine rings is 1. The zero-order valence-corrected chi connectivity index (χ0v) is 11.8. The van der Waals surface area contributed by atoms with E-state index in [0.29, 0.717) is 6.54 Å². The van der Waals surface area contributed by atoms with Crippen LogP contribution in [0.25, 0.3) is 10.9 Å². The molecular weight excluding hydrogens is 254 g/mol. The van der Waals surface area contributed by atoms with E-state index in [4.69, 9.17) is 5.11 Å². The Labute approximate surface area is 118 Å². The number of para-hydroxylation sites is 1. The molecule has 5 nitrogen and oxygen atoms in total. The summed E-state index contributed by atoms with van der Waals surface area (Å²) >= 11 is 0. The average Bonchev–Trinajstić information content (AvgIpc) is 2.42. The molecule has 0 bridgehead atoms. The third-order valence-corrected chi connectivity index (χ3v) is 3.11. The number of carboxylic acid groups (broad SMARTS) is 1. The summed E-state index contributed by atoms with van der Waals surface area (Å²) < 4.78 is 0. The lowest BCUT2D eigenvalue weighted by Gasteiger charge is -2.25. The van der Waals surface area contributed by atoms with Crippen LogP contribution in [0.5, 0.6) is 0 Å². The molecule has 0 fully saturated rings. The van der Waals surface area contributed by atoms with Crippen LogP contribution in [0.4, 0.5) is 5.69 Å². The number of anilines is 1. The van der Waals surface area contributed by atoms with E-state index in [9.17, 15) is 4.79 Å². The van der Waals surface area contributed by atoms with Gasteiger partial charge in [0.15, 0.2) is 0 Å². The molecule has 0 amide bonds. The number of nitrogens with zero attached hydrogens (tertiary/aromatic N) is 3. The molecule has 0 unspecified atom stereocenters. The predicted molar refractivity (Wildman–Crippen MR) is 80.1 cm³/mol. The van der Waals surface area contributed by atoms with Gasteiger partial charge in [0, 0.05) is 30.4 Å². The van der Waals surface area contributed by atoms with Gasteiger partial charge in [-0.05, 0) is 26.2 Å². The van der Waals surface area contributed by atoms with Gasteiger partial charge in [-0.25, -0.2) is 0 Å². The van der Waals surface area contributed by atoms with Crippen molar-refractivity contribution in [3.05, 3.63) is 36.5 Å². The predicted octanol–water partition coefficient (Wildman–Crippen LogP) is 1.69. The number of hydrogen-bond acceptors (Lipinski definition) is 4. The third kappa shape index (κ3) is 3.45. The maximum absolute atomic E-state index is 11.1. The van der Waals surface area contributed by atoms with Crippen LogP contribution in [0.2, 0.25) is 0 Å². The van der Waals surface area contributed by atoms with E-state index >= 15 is 0 Å². The number of fused-ring (bicyclic) bond motifs is 1. The second kappa shape index (κ2) is 6.34. The van der Waals surface area contributed by atoms with Gasteiger partial charge in [0.05, 0.1) is 5.52 Å². The van der Waals surface area contributed by atoms with Crippen molar-refractivity contribution in [2.24, 2.45) is 0 Å². The minimum Gasteiger partial charge on any atom is -0.480 e. The quantitative estimate of drug-likeness (QED) is 0.868. The summed E-state index contributed by atoms with van der Waals surface area (Å²) in [6.45, 7) is 1.44. The summed E-state index contributed by atoms with van der Waals surface area (Å²) in [6, 6.07) is 9.66. The molecule has 1 N–H and O–H groups in total. The summed E-state index contributed by atoms with van der Waals surface area (Å²) in [5.74, 6) is -0.829. The van der Waals surface area contributed by atoms with Gasteiger partial charge >= 0.3 is 5.97 Å². The van der Waals surface area contributed by atoms with Crippen molar-refractivity contribution >= 4 is 22.6 Å². The first kappa shape index (κ1) is 14.3. The van der Waals surface area contributed by atoms with Crippen LogP contribution in [0, 0.1) is 0 Å². The van der Waals surface area contributed by atoms with Crippen LogP contribution in [-0.2, 0) is 4.79 Å². The molecule has 1 aromatic carbocycles. The normalized spacial score (nSPS) is 10.9. The fourth-order valence-electron chi connectivity index (χ4n) is 2.13. The monoisotopic (exact) mass is 273 g/mol. The second-order valence-electron chi connectivity index (χ2n) is 4.97. The Hall–Kier alpha value is -2.14. The second-order valence-corrected chi connectivity index (χ2v) is 4.97. The Morgan fingerprint density at radius 3 is 2.65 bits per heavy atom. The van der Waals surface area contributed by atoms with Crippen molar-refractivity contribution in [2.45, 2.75) is 0 Å². The standard InChI is InChI=1S/C15H19N3O2/c1-17(2)9-10-18(11-15(19)20)14-7-8-16-13-6-4-3-5-12(13)14/h3-8H,9-11H2,1-2H3,(H,19,20). The SMILES string of the molecule is CN(C)CCN(CC(=O)O)c1ccnc2ccccc12. The number of benzene rings is 1. The molecule has 0 aliphatic heterocycles. The molecule has 0 saturated heterocycles. The van der Waals surface area contributed by atoms with Crippen molar-refractivity contribution in [3.8, 4) is 0 Å². The topological polar surface area (TPSA) is 56.7 Å². The minimum atomic E-state index is -0.829. The smallest absolute Gasteiger partial charge is 0.323 e. The van der Waals surface area contributed by atoms with Crippen LogP contribution < -0.4 is 4.90 Å². The van der Waals surface area contributed by atoms with E-state index in [1.54, 1.807) is 6.20 Å². The molecule has 2 rings (SSSR count). The third-order valence-electron chi connectivity index (χ3n) is 3.11. The largest absolute Gasteiger partial charge is 0.480 e. The van der Waals surface area contributed by atoms with Gasteiger partial charge in [0.1, 0.15) is 6.54 Å². The maximum atomic E-state index is 11.1. The number of aliphatic carboxylic acids is 1. The summed E-state index contributed by atoms with van der Waals surface area (Å²) in [5.41, 5.74) is 1.80. The Morgan fingerprint density at radius 1 is 1.20 bits per heavy atom. The highest BCUT2D eigenvalue weighted by Gasteiger charge is 2.13. The van der Waals surface area contributed by atoms with Gasteiger partial charge in [0.25, 0.3) is 0 Å². The molecule has 20 heavy (non-hydrogen) atoms. The zero-order chi connectivity index (χ0) is 14.5. The van der Waals surface area contributed by atoms with Gasteiger partial charge in [-0.15, -0.1) is 0 Å². The summed E-state index contributed by atoms with van der Waals surface area (Å²) in [6.07, 6.45) is 1.72. The Bertz CT molecular complexity index is 593. The van der Waals surface area contributed by atoms with Crippen molar-refractivity contribution in [1.82, 2.24) is 9.88 Å². The molecule has 0 atom stereocenters. The van der Waals surface area contributed by atoms with Gasteiger partial charge in [-0.1, -0.05) is 18.2 Å². The summed E-state index contributed by atoms with van der Waals surface area (Å²) in [4.78, 5) is 19.3. The average molecular weight is 273 g/mol. The molecule has 0 radical (unpaired) electrons. The van der Waals surface area contributed by atoms with E-state index in [1.165, 1.54) is 0 Å². The lowest BCUT2D eigenvalue weighted by atomic mass is 10.1. The van der Waals surface area contributed by atoms with Crippen LogP contribution in [0.3, 0.4) is 0 Å². The van der Waals surface area contributed by atoms with Gasteiger partial charge < -0.3 is 14.9 Å². The van der Waals surface area contributed by atoms with E-state index in [0.717, 1.165) is 23.1 Å². The first-order chi connectivity index (χ1) is 9.58. The number of likely N-dealkylation sites (N-methyl/N-ethyl adjacent to an activating group) is 1. The molecule has 106 valence electrons. The molecule has 1 heterocycles. The van der Waals surface area contributed by atoms with Gasteiger partial charge in [-0.3, -0.25) is 9.78 Å². The molecule has 0 aliphatic rings. The lowest BCUT2D eigenvalue weighted by molar-refractivity contribution is -0.135. The molecular formula is C15H19N3O2. The minimum absolute atomic E-state index is 0.0121. The van der Waals surface area contributed by atoms with Crippen LogP contribution in [-0.4, -0.2) is 54.7 Å². The van der Waals surface area contributed by atoms with E-state index in [1.807, 2.05) is 54.2 Å². The van der Waals surface area contributed by atoms with Crippen molar-refractivity contribution in [1.29, 1.82) is 0 Å². The van der Waals surface area contributed by atoms with E-state index in [-0.39, 0.29) is 6.54 Å². The molecule has 0 aliphatic carbocycles. The van der Waals surface area contributed by atoms with Crippen LogP contribution >= 0.6 is 0 Å².